The highest BCUT2D eigenvalue weighted by molar-refractivity contribution is 7.91. The number of ether oxygens (including phenoxy) is 2. The Balaban J connectivity index is 0.00000154. The first-order valence-electron chi connectivity index (χ1n) is 13.9. The van der Waals surface area contributed by atoms with Crippen molar-refractivity contribution in [2.75, 3.05) is 13.3 Å². The number of sulfonamides is 1. The number of rotatable bonds is 14. The van der Waals surface area contributed by atoms with E-state index in [9.17, 15) is 17.6 Å². The van der Waals surface area contributed by atoms with Gasteiger partial charge in [0.2, 0.25) is 4.34 Å². The number of nitrogens with zero attached hydrogens (tertiary/aromatic N) is 4. The second kappa shape index (κ2) is 16.0. The molecule has 46 heavy (non-hydrogen) atoms. The second-order valence-electron chi connectivity index (χ2n) is 10.1. The molecule has 2 atom stereocenters. The molecule has 0 amide bonds. The Labute approximate surface area is 268 Å². The van der Waals surface area contributed by atoms with Crippen LogP contribution in [0.4, 0.5) is 4.39 Å². The average Bonchev–Trinajstić information content (AvgIpc) is 3.70. The molecule has 3 aromatic carbocycles. The van der Waals surface area contributed by atoms with Crippen molar-refractivity contribution in [1.29, 1.82) is 0 Å². The number of alkyl halides is 1. The highest BCUT2D eigenvalue weighted by Gasteiger charge is 2.25. The van der Waals surface area contributed by atoms with E-state index in [1.54, 1.807) is 41.2 Å². The SMILES string of the molecule is C[C@H](CC(=O)[C@H](Cc1ccc(OCCF)cc1)n1cc(COc2ccc3nc(S(N)(=O)=O)sc3c2)nn1)c1ccccc1.O=C=O. The summed E-state index contributed by atoms with van der Waals surface area (Å²) in [5, 5.41) is 13.7. The van der Waals surface area contributed by atoms with Crippen LogP contribution in [0, 0.1) is 0 Å². The number of carbonyl (C=O) groups is 1. The van der Waals surface area contributed by atoms with Crippen molar-refractivity contribution in [3.05, 3.63) is 95.8 Å². The van der Waals surface area contributed by atoms with Crippen LogP contribution in [0.3, 0.4) is 0 Å². The lowest BCUT2D eigenvalue weighted by molar-refractivity contribution is -0.191. The van der Waals surface area contributed by atoms with Gasteiger partial charge in [0.05, 0.1) is 16.4 Å². The molecule has 12 nitrogen and oxygen atoms in total. The summed E-state index contributed by atoms with van der Waals surface area (Å²) in [4.78, 5) is 34.0. The van der Waals surface area contributed by atoms with Gasteiger partial charge in [-0.2, -0.15) is 9.59 Å². The van der Waals surface area contributed by atoms with Crippen molar-refractivity contribution in [2.24, 2.45) is 5.14 Å². The minimum absolute atomic E-state index is 0.00721. The molecule has 0 aliphatic rings. The number of thiazole rings is 1. The molecule has 2 aromatic heterocycles. The quantitative estimate of drug-likeness (QED) is 0.179. The molecule has 0 radical (unpaired) electrons. The van der Waals surface area contributed by atoms with Crippen molar-refractivity contribution >= 4 is 43.5 Å². The predicted molar refractivity (Wildman–Crippen MR) is 165 cm³/mol. The number of hydrogen-bond acceptors (Lipinski definition) is 11. The van der Waals surface area contributed by atoms with E-state index in [-0.39, 0.29) is 35.4 Å². The van der Waals surface area contributed by atoms with E-state index in [1.165, 1.54) is 0 Å². The molecule has 0 spiro atoms. The summed E-state index contributed by atoms with van der Waals surface area (Å²) in [5.74, 6) is 1.06. The fourth-order valence-corrected chi connectivity index (χ4v) is 6.26. The Morgan fingerprint density at radius 1 is 1.04 bits per heavy atom. The normalized spacial score (nSPS) is 12.4. The van der Waals surface area contributed by atoms with Gasteiger partial charge in [-0.05, 0) is 47.4 Å². The zero-order chi connectivity index (χ0) is 33.1. The predicted octanol–water partition coefficient (Wildman–Crippen LogP) is 4.43. The number of hydrogen-bond donors (Lipinski definition) is 1. The van der Waals surface area contributed by atoms with Gasteiger partial charge in [0.15, 0.2) is 5.78 Å². The first kappa shape index (κ1) is 34.1. The molecule has 0 unspecified atom stereocenters. The van der Waals surface area contributed by atoms with Crippen LogP contribution < -0.4 is 14.6 Å². The van der Waals surface area contributed by atoms with E-state index in [0.717, 1.165) is 22.5 Å². The van der Waals surface area contributed by atoms with Gasteiger partial charge in [-0.25, -0.2) is 27.6 Å². The topological polar surface area (TPSA) is 173 Å². The molecule has 0 aliphatic heterocycles. The van der Waals surface area contributed by atoms with Crippen molar-refractivity contribution in [3.8, 4) is 11.5 Å². The van der Waals surface area contributed by atoms with Crippen LogP contribution in [0.2, 0.25) is 0 Å². The Morgan fingerprint density at radius 3 is 2.41 bits per heavy atom. The number of carbonyl (C=O) groups excluding carboxylic acids is 3. The largest absolute Gasteiger partial charge is 0.491 e. The van der Waals surface area contributed by atoms with Crippen molar-refractivity contribution < 1.29 is 36.7 Å². The molecule has 240 valence electrons. The molecule has 5 rings (SSSR count). The molecular weight excluding hydrogens is 638 g/mol. The van der Waals surface area contributed by atoms with E-state index >= 15 is 0 Å². The Kier molecular flexibility index (Phi) is 11.8. The minimum atomic E-state index is -3.90. The van der Waals surface area contributed by atoms with Crippen molar-refractivity contribution in [2.45, 2.75) is 42.7 Å². The summed E-state index contributed by atoms with van der Waals surface area (Å²) >= 11 is 0.962. The molecule has 5 aromatic rings. The van der Waals surface area contributed by atoms with E-state index < -0.39 is 22.7 Å². The van der Waals surface area contributed by atoms with E-state index in [1.807, 2.05) is 49.4 Å². The number of ketones is 1. The van der Waals surface area contributed by atoms with Gasteiger partial charge in [0, 0.05) is 12.8 Å². The lowest BCUT2D eigenvalue weighted by atomic mass is 9.91. The smallest absolute Gasteiger partial charge is 0.373 e. The molecule has 0 aliphatic carbocycles. The molecule has 0 fully saturated rings. The lowest BCUT2D eigenvalue weighted by Gasteiger charge is -2.19. The third kappa shape index (κ3) is 9.34. The summed E-state index contributed by atoms with van der Waals surface area (Å²) in [7, 11) is -3.90. The van der Waals surface area contributed by atoms with E-state index in [2.05, 4.69) is 15.3 Å². The molecule has 2 heterocycles. The zero-order valence-corrected chi connectivity index (χ0v) is 26.2. The second-order valence-corrected chi connectivity index (χ2v) is 12.9. The van der Waals surface area contributed by atoms with Gasteiger partial charge in [0.1, 0.15) is 43.1 Å². The fraction of sp³-hybridized carbons (Fsp3) is 0.258. The van der Waals surface area contributed by atoms with Gasteiger partial charge in [-0.1, -0.05) is 54.6 Å². The number of nitrogens with two attached hydrogens (primary N) is 1. The molecule has 15 heteroatoms. The number of benzene rings is 3. The van der Waals surface area contributed by atoms with Crippen LogP contribution in [-0.2, 0) is 37.4 Å². The van der Waals surface area contributed by atoms with Crippen LogP contribution in [0.25, 0.3) is 10.2 Å². The number of Topliss-reactive ketones (excluding diaryl/α,β-unsaturated/α-hetero) is 1. The fourth-order valence-electron chi connectivity index (χ4n) is 4.58. The van der Waals surface area contributed by atoms with Crippen molar-refractivity contribution in [3.63, 3.8) is 0 Å². The third-order valence-corrected chi connectivity index (χ3v) is 9.13. The third-order valence-electron chi connectivity index (χ3n) is 6.79. The highest BCUT2D eigenvalue weighted by Crippen LogP contribution is 2.29. The lowest BCUT2D eigenvalue weighted by Crippen LogP contribution is -2.24. The monoisotopic (exact) mass is 667 g/mol. The molecule has 0 saturated carbocycles. The summed E-state index contributed by atoms with van der Waals surface area (Å²) < 4.78 is 49.0. The van der Waals surface area contributed by atoms with Gasteiger partial charge in [-0.15, -0.1) is 16.4 Å². The minimum Gasteiger partial charge on any atom is -0.491 e. The van der Waals surface area contributed by atoms with Crippen LogP contribution in [0.5, 0.6) is 11.5 Å². The number of halogens is 1. The van der Waals surface area contributed by atoms with Gasteiger partial charge < -0.3 is 9.47 Å². The molecular formula is C31H30FN5O7S2. The maximum absolute atomic E-state index is 13.7. The zero-order valence-electron chi connectivity index (χ0n) is 24.6. The maximum atomic E-state index is 13.7. The van der Waals surface area contributed by atoms with Gasteiger partial charge >= 0.3 is 6.15 Å². The van der Waals surface area contributed by atoms with Crippen molar-refractivity contribution in [1.82, 2.24) is 20.0 Å². The first-order valence-corrected chi connectivity index (χ1v) is 16.3. The maximum Gasteiger partial charge on any atom is 0.373 e. The Hall–Kier alpha value is -4.82. The Bertz CT molecular complexity index is 1890. The highest BCUT2D eigenvalue weighted by atomic mass is 32.2. The van der Waals surface area contributed by atoms with Crippen LogP contribution in [0.1, 0.15) is 42.1 Å². The summed E-state index contributed by atoms with van der Waals surface area (Å²) in [6.07, 6.45) is 2.63. The first-order chi connectivity index (χ1) is 22.1. The van der Waals surface area contributed by atoms with Crippen LogP contribution in [-0.4, -0.2) is 53.6 Å². The van der Waals surface area contributed by atoms with Gasteiger partial charge in [0.25, 0.3) is 10.0 Å². The standard InChI is InChI=1S/C30H30FN5O5S2.CO2/c1-20(22-5-3-2-4-6-22)15-28(37)27(16-21-7-9-24(10-8-21)40-14-13-31)36-18-23(34-35-36)19-41-25-11-12-26-29(17-25)42-30(33-26)43(32,38)39;2-1-3/h2-12,17-18,20,27H,13-16,19H2,1H3,(H2,32,38,39);/t20-,27+;/m1./s1. The van der Waals surface area contributed by atoms with Crippen LogP contribution >= 0.6 is 11.3 Å². The number of primary sulfonamides is 1. The van der Waals surface area contributed by atoms with E-state index in [0.29, 0.717) is 40.3 Å². The Morgan fingerprint density at radius 2 is 1.74 bits per heavy atom. The van der Waals surface area contributed by atoms with Gasteiger partial charge in [-0.3, -0.25) is 4.79 Å². The number of fused-ring (bicyclic) bond motifs is 1. The average molecular weight is 668 g/mol. The summed E-state index contributed by atoms with van der Waals surface area (Å²) in [6, 6.07) is 21.5. The number of aromatic nitrogens is 4. The van der Waals surface area contributed by atoms with Crippen LogP contribution in [0.15, 0.2) is 83.3 Å². The molecule has 0 saturated heterocycles. The summed E-state index contributed by atoms with van der Waals surface area (Å²) in [5.41, 5.74) is 2.98. The molecule has 0 bridgehead atoms. The summed E-state index contributed by atoms with van der Waals surface area (Å²) in [6.45, 7) is 1.51. The van der Waals surface area contributed by atoms with E-state index in [4.69, 9.17) is 24.2 Å². The molecule has 2 N–H and O–H groups in total.